The second-order valence-electron chi connectivity index (χ2n) is 14.3. The third-order valence-corrected chi connectivity index (χ3v) is 9.12. The Morgan fingerprint density at radius 3 is 2.37 bits per heavy atom. The van der Waals surface area contributed by atoms with Gasteiger partial charge in [0.05, 0.1) is 11.0 Å². The van der Waals surface area contributed by atoms with Gasteiger partial charge < -0.3 is 19.4 Å². The molecule has 49 heavy (non-hydrogen) atoms. The zero-order valence-electron chi connectivity index (χ0n) is 30.1. The lowest BCUT2D eigenvalue weighted by atomic mass is 9.96. The van der Waals surface area contributed by atoms with Crippen molar-refractivity contribution in [2.24, 2.45) is 0 Å². The van der Waals surface area contributed by atoms with Gasteiger partial charge in [0.1, 0.15) is 17.2 Å². The molecule has 3 aromatic carbocycles. The number of nitrogens with one attached hydrogen (secondary N) is 1. The third kappa shape index (κ3) is 9.87. The Balaban J connectivity index is 1.42. The molecule has 1 aromatic heterocycles. The molecule has 2 amide bonds. The summed E-state index contributed by atoms with van der Waals surface area (Å²) in [4.78, 5) is 33.2. The van der Waals surface area contributed by atoms with E-state index < -0.39 is 11.8 Å². The number of amides is 2. The van der Waals surface area contributed by atoms with Crippen LogP contribution < -0.4 is 15.0 Å². The summed E-state index contributed by atoms with van der Waals surface area (Å²) >= 11 is 0. The number of imidazole rings is 1. The Hall–Kier alpha value is -4.33. The van der Waals surface area contributed by atoms with Crippen molar-refractivity contribution in [2.45, 2.75) is 123 Å². The largest absolute Gasteiger partial charge is 0.514 e. The van der Waals surface area contributed by atoms with Gasteiger partial charge in [0.25, 0.3) is 0 Å². The van der Waals surface area contributed by atoms with Crippen molar-refractivity contribution in [1.29, 1.82) is 0 Å². The average Bonchev–Trinajstić information content (AvgIpc) is 3.42. The Bertz CT molecular complexity index is 1680. The van der Waals surface area contributed by atoms with Crippen molar-refractivity contribution in [1.82, 2.24) is 14.9 Å². The number of para-hydroxylation sites is 1. The summed E-state index contributed by atoms with van der Waals surface area (Å²) in [5, 5.41) is 3.35. The van der Waals surface area contributed by atoms with Gasteiger partial charge in [0, 0.05) is 36.8 Å². The standard InChI is InChI=1S/C41H54N4O4/c1-6-8-15-27-44(39(46)42-32-16-11-10-12-17-32)33-25-26-35-36(28-33)45(38(43-35)20-9-7-2)29-30-21-23-31(24-22-30)34-18-13-14-19-37(34)48-40(47)49-41(3,4)5/h13-14,18-19,21-26,28,32H,6-12,15-17,20,27,29H2,1-5H3,(H,42,46). The highest BCUT2D eigenvalue weighted by atomic mass is 16.7. The molecule has 0 unspecified atom stereocenters. The fraction of sp³-hybridized carbons (Fsp3) is 0.488. The Labute approximate surface area is 292 Å². The number of urea groups is 1. The van der Waals surface area contributed by atoms with Gasteiger partial charge in [-0.2, -0.15) is 0 Å². The van der Waals surface area contributed by atoms with Crippen molar-refractivity contribution in [3.8, 4) is 16.9 Å². The molecular formula is C41H54N4O4. The number of carbonyl (C=O) groups excluding carboxylic acids is 2. The van der Waals surface area contributed by atoms with Gasteiger partial charge >= 0.3 is 12.2 Å². The van der Waals surface area contributed by atoms with Crippen molar-refractivity contribution < 1.29 is 19.1 Å². The average molecular weight is 667 g/mol. The van der Waals surface area contributed by atoms with E-state index >= 15 is 0 Å². The van der Waals surface area contributed by atoms with Crippen LogP contribution in [-0.2, 0) is 17.7 Å². The number of unbranched alkanes of at least 4 members (excludes halogenated alkanes) is 3. The number of aryl methyl sites for hydroxylation is 1. The van der Waals surface area contributed by atoms with E-state index in [1.165, 1.54) is 19.3 Å². The lowest BCUT2D eigenvalue weighted by molar-refractivity contribution is 0.0207. The number of ether oxygens (including phenoxy) is 2. The predicted octanol–water partition coefficient (Wildman–Crippen LogP) is 10.4. The molecule has 1 heterocycles. The first-order chi connectivity index (χ1) is 23.6. The Morgan fingerprint density at radius 2 is 1.65 bits per heavy atom. The molecule has 5 rings (SSSR count). The van der Waals surface area contributed by atoms with E-state index in [9.17, 15) is 9.59 Å². The molecule has 1 saturated carbocycles. The summed E-state index contributed by atoms with van der Waals surface area (Å²) in [6, 6.07) is 22.4. The maximum Gasteiger partial charge on any atom is 0.514 e. The smallest absolute Gasteiger partial charge is 0.428 e. The van der Waals surface area contributed by atoms with Crippen LogP contribution in [0.1, 0.15) is 110 Å². The summed E-state index contributed by atoms with van der Waals surface area (Å²) in [6.07, 6.45) is 11.2. The minimum absolute atomic E-state index is 0.00569. The van der Waals surface area contributed by atoms with Crippen LogP contribution in [0.3, 0.4) is 0 Å². The van der Waals surface area contributed by atoms with E-state index in [-0.39, 0.29) is 12.1 Å². The SMILES string of the molecule is CCCCCN(C(=O)NC1CCCCC1)c1ccc2nc(CCCC)n(Cc3ccc(-c4ccccc4OC(=O)OC(C)(C)C)cc3)c2c1. The van der Waals surface area contributed by atoms with Gasteiger partial charge in [0.2, 0.25) is 0 Å². The molecule has 1 aliphatic carbocycles. The van der Waals surface area contributed by atoms with Crippen LogP contribution >= 0.6 is 0 Å². The fourth-order valence-electron chi connectivity index (χ4n) is 6.53. The molecule has 0 saturated heterocycles. The predicted molar refractivity (Wildman–Crippen MR) is 198 cm³/mol. The molecule has 4 aromatic rings. The maximum absolute atomic E-state index is 13.7. The van der Waals surface area contributed by atoms with Gasteiger partial charge in [-0.25, -0.2) is 14.6 Å². The summed E-state index contributed by atoms with van der Waals surface area (Å²) in [6.45, 7) is 11.2. The highest BCUT2D eigenvalue weighted by molar-refractivity contribution is 5.94. The van der Waals surface area contributed by atoms with Crippen molar-refractivity contribution in [3.63, 3.8) is 0 Å². The fourth-order valence-corrected chi connectivity index (χ4v) is 6.53. The second-order valence-corrected chi connectivity index (χ2v) is 14.3. The van der Waals surface area contributed by atoms with Crippen LogP contribution in [0.2, 0.25) is 0 Å². The number of nitrogens with zero attached hydrogens (tertiary/aromatic N) is 3. The van der Waals surface area contributed by atoms with Crippen molar-refractivity contribution in [2.75, 3.05) is 11.4 Å². The van der Waals surface area contributed by atoms with Crippen LogP contribution in [0.15, 0.2) is 66.7 Å². The number of fused-ring (bicyclic) bond motifs is 1. The number of hydrogen-bond acceptors (Lipinski definition) is 5. The van der Waals surface area contributed by atoms with E-state index in [1.54, 1.807) is 6.07 Å². The topological polar surface area (TPSA) is 85.7 Å². The molecule has 8 nitrogen and oxygen atoms in total. The molecule has 1 N–H and O–H groups in total. The first kappa shape index (κ1) is 36.0. The number of rotatable bonds is 13. The van der Waals surface area contributed by atoms with Crippen LogP contribution in [0.25, 0.3) is 22.2 Å². The molecule has 1 aliphatic rings. The molecule has 1 fully saturated rings. The second kappa shape index (κ2) is 16.9. The summed E-state index contributed by atoms with van der Waals surface area (Å²) in [5.41, 5.74) is 5.14. The minimum atomic E-state index is -0.724. The molecule has 8 heteroatoms. The summed E-state index contributed by atoms with van der Waals surface area (Å²) < 4.78 is 13.3. The van der Waals surface area contributed by atoms with E-state index in [0.29, 0.717) is 18.8 Å². The molecule has 262 valence electrons. The first-order valence-electron chi connectivity index (χ1n) is 18.3. The highest BCUT2D eigenvalue weighted by Crippen LogP contribution is 2.32. The molecule has 0 atom stereocenters. The monoisotopic (exact) mass is 666 g/mol. The number of carbonyl (C=O) groups is 2. The summed E-state index contributed by atoms with van der Waals surface area (Å²) in [5.74, 6) is 1.51. The quantitative estimate of drug-likeness (QED) is 0.0872. The van der Waals surface area contributed by atoms with Crippen LogP contribution in [-0.4, -0.2) is 39.9 Å². The maximum atomic E-state index is 13.7. The first-order valence-corrected chi connectivity index (χ1v) is 18.3. The molecule has 0 bridgehead atoms. The zero-order valence-corrected chi connectivity index (χ0v) is 30.1. The van der Waals surface area contributed by atoms with Crippen molar-refractivity contribution >= 4 is 28.9 Å². The normalized spacial score (nSPS) is 13.7. The van der Waals surface area contributed by atoms with Gasteiger partial charge in [-0.15, -0.1) is 0 Å². The number of hydrogen-bond donors (Lipinski definition) is 1. The van der Waals surface area contributed by atoms with Crippen LogP contribution in [0.5, 0.6) is 5.75 Å². The van der Waals surface area contributed by atoms with E-state index in [0.717, 1.165) is 90.6 Å². The number of anilines is 1. The number of aromatic nitrogens is 2. The molecule has 0 spiro atoms. The summed E-state index contributed by atoms with van der Waals surface area (Å²) in [7, 11) is 0. The van der Waals surface area contributed by atoms with Gasteiger partial charge in [-0.05, 0) is 81.8 Å². The van der Waals surface area contributed by atoms with E-state index in [1.807, 2.05) is 43.9 Å². The van der Waals surface area contributed by atoms with Crippen LogP contribution in [0, 0.1) is 0 Å². The van der Waals surface area contributed by atoms with Gasteiger partial charge in [-0.1, -0.05) is 94.8 Å². The Kier molecular flexibility index (Phi) is 12.4. The minimum Gasteiger partial charge on any atom is -0.428 e. The molecular weight excluding hydrogens is 612 g/mol. The van der Waals surface area contributed by atoms with Crippen LogP contribution in [0.4, 0.5) is 15.3 Å². The van der Waals surface area contributed by atoms with Crippen molar-refractivity contribution in [3.05, 3.63) is 78.1 Å². The number of benzene rings is 3. The lowest BCUT2D eigenvalue weighted by Gasteiger charge is -2.28. The molecule has 0 aliphatic heterocycles. The van der Waals surface area contributed by atoms with E-state index in [4.69, 9.17) is 14.5 Å². The lowest BCUT2D eigenvalue weighted by Crippen LogP contribution is -2.46. The van der Waals surface area contributed by atoms with E-state index in [2.05, 4.69) is 66.2 Å². The van der Waals surface area contributed by atoms with Gasteiger partial charge in [0.15, 0.2) is 0 Å². The third-order valence-electron chi connectivity index (χ3n) is 9.12. The zero-order chi connectivity index (χ0) is 34.8. The molecule has 0 radical (unpaired) electrons. The Morgan fingerprint density at radius 1 is 0.918 bits per heavy atom. The highest BCUT2D eigenvalue weighted by Gasteiger charge is 2.23. The van der Waals surface area contributed by atoms with Gasteiger partial charge in [-0.3, -0.25) is 4.90 Å².